The molecule has 4 radical (unpaired) electrons. The van der Waals surface area contributed by atoms with Gasteiger partial charge in [-0.05, 0) is 13.0 Å². The van der Waals surface area contributed by atoms with Crippen LogP contribution in [0.3, 0.4) is 0 Å². The van der Waals surface area contributed by atoms with Crippen LogP contribution in [0, 0.1) is 0 Å². The molecule has 0 rings (SSSR count). The maximum atomic E-state index is 5.27. The second-order valence-corrected chi connectivity index (χ2v) is 1.85. The van der Waals surface area contributed by atoms with Crippen LogP contribution in [0.5, 0.6) is 0 Å². The van der Waals surface area contributed by atoms with Crippen molar-refractivity contribution in [1.29, 1.82) is 0 Å². The predicted octanol–water partition coefficient (Wildman–Crippen LogP) is 1.76. The molecule has 0 aromatic heterocycles. The molecule has 0 aliphatic heterocycles. The van der Waals surface area contributed by atoms with Crippen molar-refractivity contribution in [3.05, 3.63) is 0 Å². The Morgan fingerprint density at radius 1 is 1.11 bits per heavy atom. The summed E-state index contributed by atoms with van der Waals surface area (Å²) >= 11 is 0. The van der Waals surface area contributed by atoms with Crippen LogP contribution in [0.15, 0.2) is 0 Å². The van der Waals surface area contributed by atoms with Gasteiger partial charge in [0.25, 0.3) is 0 Å². The molecule has 0 saturated heterocycles. The largest absolute Gasteiger partial charge is 0.330 e. The Kier molecular flexibility index (Phi) is 30.7. The van der Waals surface area contributed by atoms with E-state index in [4.69, 9.17) is 5.73 Å². The third kappa shape index (κ3) is 17.7. The third-order valence-corrected chi connectivity index (χ3v) is 1.06. The average molecular weight is 436 g/mol. The van der Waals surface area contributed by atoms with E-state index in [1.165, 1.54) is 25.7 Å². The molecule has 0 amide bonds. The van der Waals surface area contributed by atoms with Crippen LogP contribution in [0.4, 0.5) is 0 Å². The number of rotatable bonds is 4. The minimum absolute atomic E-state index is 0. The number of hydrogen-bond donors (Lipinski definition) is 1. The minimum Gasteiger partial charge on any atom is -0.330 e. The first-order valence-electron chi connectivity index (χ1n) is 3.12. The van der Waals surface area contributed by atoms with Crippen molar-refractivity contribution in [2.75, 3.05) is 6.54 Å². The Hall–Kier alpha value is 1.61. The maximum absolute atomic E-state index is 5.27. The summed E-state index contributed by atoms with van der Waals surface area (Å²) in [5, 5.41) is 0. The first kappa shape index (κ1) is 16.9. The van der Waals surface area contributed by atoms with Crippen LogP contribution < -0.4 is 5.73 Å². The molecule has 3 heteroatoms. The molecule has 0 bridgehead atoms. The van der Waals surface area contributed by atoms with Gasteiger partial charge in [-0.1, -0.05) is 26.2 Å². The van der Waals surface area contributed by atoms with Gasteiger partial charge in [0, 0.05) is 27.3 Å². The van der Waals surface area contributed by atoms with Gasteiger partial charge in [-0.25, -0.2) is 0 Å². The number of hydrogen-bond acceptors (Lipinski definition) is 1. The second kappa shape index (κ2) is 16.3. The molecule has 9 heavy (non-hydrogen) atoms. The van der Waals surface area contributed by atoms with Crippen molar-refractivity contribution in [2.45, 2.75) is 32.6 Å². The van der Waals surface area contributed by atoms with Crippen LogP contribution in [0.2, 0.25) is 0 Å². The van der Waals surface area contributed by atoms with Crippen molar-refractivity contribution < 1.29 is 0 Å². The smallest absolute Gasteiger partial charge is 0 e. The molecule has 56 valence electrons. The van der Waals surface area contributed by atoms with E-state index >= 15 is 0 Å². The summed E-state index contributed by atoms with van der Waals surface area (Å²) in [6.45, 7) is 3.07. The fourth-order valence-corrected chi connectivity index (χ4v) is 0.571. The zero-order chi connectivity index (χ0) is 5.54. The Morgan fingerprint density at radius 2 is 1.67 bits per heavy atom. The number of unbranched alkanes of at least 4 members (excludes halogenated alkanes) is 3. The van der Waals surface area contributed by atoms with Gasteiger partial charge in [-0.2, -0.15) is 0 Å². The molecule has 1 nitrogen and oxygen atoms in total. The van der Waals surface area contributed by atoms with E-state index in [2.05, 4.69) is 6.92 Å². The third-order valence-electron chi connectivity index (χ3n) is 1.06. The molecule has 0 fully saturated rings. The van der Waals surface area contributed by atoms with E-state index in [0.717, 1.165) is 6.54 Å². The number of nitrogens with two attached hydrogens (primary N) is 1. The van der Waals surface area contributed by atoms with Crippen LogP contribution in [0.25, 0.3) is 0 Å². The predicted molar refractivity (Wildman–Crippen MR) is 54.4 cm³/mol. The van der Waals surface area contributed by atoms with Crippen LogP contribution in [0.1, 0.15) is 32.6 Å². The topological polar surface area (TPSA) is 26.0 Å². The zero-order valence-electron chi connectivity index (χ0n) is 6.02. The van der Waals surface area contributed by atoms with Crippen molar-refractivity contribution >= 4 is 51.3 Å². The van der Waals surface area contributed by atoms with Crippen LogP contribution >= 0.6 is 24.0 Å². The Labute approximate surface area is 95.3 Å². The summed E-state index contributed by atoms with van der Waals surface area (Å²) in [6.07, 6.45) is 5.16. The van der Waals surface area contributed by atoms with E-state index in [-0.39, 0.29) is 51.3 Å². The SMILES string of the molecule is CCCCCCN.I.[Pb]. The Bertz CT molecular complexity index is 32.2. The molecule has 0 aromatic carbocycles. The van der Waals surface area contributed by atoms with Gasteiger partial charge in [-0.3, -0.25) is 0 Å². The molecule has 0 saturated carbocycles. The quantitative estimate of drug-likeness (QED) is 0.406. The van der Waals surface area contributed by atoms with E-state index in [0.29, 0.717) is 0 Å². The molecule has 0 heterocycles. The standard InChI is InChI=1S/C6H15N.HI.Pb/c1-2-3-4-5-6-7;;/h2-7H2,1H3;1H;. The normalized spacial score (nSPS) is 7.33. The van der Waals surface area contributed by atoms with E-state index in [9.17, 15) is 0 Å². The van der Waals surface area contributed by atoms with Gasteiger partial charge < -0.3 is 5.73 Å². The minimum atomic E-state index is 0. The molecular formula is C6H16INPb. The molecule has 2 N–H and O–H groups in total. The monoisotopic (exact) mass is 437 g/mol. The summed E-state index contributed by atoms with van der Waals surface area (Å²) in [7, 11) is 0. The molecule has 0 aliphatic rings. The van der Waals surface area contributed by atoms with E-state index in [1.807, 2.05) is 0 Å². The fraction of sp³-hybridized carbons (Fsp3) is 1.00. The Balaban J connectivity index is -0.000000180. The molecule has 0 aromatic rings. The van der Waals surface area contributed by atoms with Crippen LogP contribution in [-0.4, -0.2) is 33.8 Å². The first-order chi connectivity index (χ1) is 3.41. The summed E-state index contributed by atoms with van der Waals surface area (Å²) in [5.41, 5.74) is 5.27. The average Bonchev–Trinajstić information content (AvgIpc) is 1.69. The molecule has 0 spiro atoms. The van der Waals surface area contributed by atoms with E-state index in [1.54, 1.807) is 0 Å². The summed E-state index contributed by atoms with van der Waals surface area (Å²) in [4.78, 5) is 0. The second-order valence-electron chi connectivity index (χ2n) is 1.85. The molecule has 0 atom stereocenters. The van der Waals surface area contributed by atoms with Crippen molar-refractivity contribution in [3.8, 4) is 0 Å². The summed E-state index contributed by atoms with van der Waals surface area (Å²) in [5.74, 6) is 0. The van der Waals surface area contributed by atoms with Gasteiger partial charge >= 0.3 is 0 Å². The summed E-state index contributed by atoms with van der Waals surface area (Å²) < 4.78 is 0. The van der Waals surface area contributed by atoms with Crippen LogP contribution in [-0.2, 0) is 0 Å². The molecule has 0 unspecified atom stereocenters. The van der Waals surface area contributed by atoms with Crippen molar-refractivity contribution in [3.63, 3.8) is 0 Å². The number of halogens is 1. The molecule has 0 aliphatic carbocycles. The zero-order valence-corrected chi connectivity index (χ0v) is 12.2. The maximum Gasteiger partial charge on any atom is 0 e. The van der Waals surface area contributed by atoms with Gasteiger partial charge in [0.1, 0.15) is 0 Å². The summed E-state index contributed by atoms with van der Waals surface area (Å²) in [6, 6.07) is 0. The molecular weight excluding hydrogens is 420 g/mol. The fourth-order valence-electron chi connectivity index (χ4n) is 0.571. The van der Waals surface area contributed by atoms with Crippen molar-refractivity contribution in [1.82, 2.24) is 0 Å². The van der Waals surface area contributed by atoms with Crippen molar-refractivity contribution in [2.24, 2.45) is 5.73 Å². The van der Waals surface area contributed by atoms with Gasteiger partial charge in [0.2, 0.25) is 0 Å². The van der Waals surface area contributed by atoms with Gasteiger partial charge in [-0.15, -0.1) is 24.0 Å². The van der Waals surface area contributed by atoms with E-state index < -0.39 is 0 Å². The van der Waals surface area contributed by atoms with Gasteiger partial charge in [0.05, 0.1) is 0 Å². The Morgan fingerprint density at radius 3 is 2.00 bits per heavy atom. The van der Waals surface area contributed by atoms with Gasteiger partial charge in [0.15, 0.2) is 0 Å². The first-order valence-corrected chi connectivity index (χ1v) is 3.12.